The molecular weight excluding hydrogens is 373 g/mol. The summed E-state index contributed by atoms with van der Waals surface area (Å²) in [5.74, 6) is 0.0161. The summed E-state index contributed by atoms with van der Waals surface area (Å²) in [5.41, 5.74) is 0.174. The van der Waals surface area contributed by atoms with Gasteiger partial charge in [-0.3, -0.25) is 4.79 Å². The lowest BCUT2D eigenvalue weighted by molar-refractivity contribution is -0.139. The molecule has 9 heteroatoms. The van der Waals surface area contributed by atoms with Gasteiger partial charge in [0.25, 0.3) is 5.91 Å². The fourth-order valence-electron chi connectivity index (χ4n) is 3.12. The van der Waals surface area contributed by atoms with Gasteiger partial charge in [-0.05, 0) is 31.5 Å². The number of carbonyl (C=O) groups excluding carboxylic acids is 1. The normalized spacial score (nSPS) is 16.9. The fraction of sp³-hybridized carbons (Fsp3) is 0.421. The second-order valence-electron chi connectivity index (χ2n) is 6.68. The highest BCUT2D eigenvalue weighted by atomic mass is 19.4. The number of nitrogens with zero attached hydrogens (tertiary/aromatic N) is 3. The molecule has 28 heavy (non-hydrogen) atoms. The summed E-state index contributed by atoms with van der Waals surface area (Å²) in [4.78, 5) is 22.4. The van der Waals surface area contributed by atoms with Crippen LogP contribution >= 0.6 is 0 Å². The second kappa shape index (κ2) is 8.04. The van der Waals surface area contributed by atoms with Gasteiger partial charge in [-0.25, -0.2) is 9.97 Å². The third-order valence-corrected chi connectivity index (χ3v) is 4.54. The lowest BCUT2D eigenvalue weighted by Gasteiger charge is -2.18. The monoisotopic (exact) mass is 394 g/mol. The highest BCUT2D eigenvalue weighted by Gasteiger charge is 2.34. The number of amides is 1. The van der Waals surface area contributed by atoms with E-state index >= 15 is 0 Å². The first-order chi connectivity index (χ1) is 13.3. The van der Waals surface area contributed by atoms with Gasteiger partial charge in [-0.2, -0.15) is 13.2 Å². The minimum Gasteiger partial charge on any atom is -0.493 e. The Bertz CT molecular complexity index is 857. The number of aryl methyl sites for hydroxylation is 1. The Morgan fingerprint density at radius 3 is 2.79 bits per heavy atom. The van der Waals surface area contributed by atoms with E-state index in [1.165, 1.54) is 25.2 Å². The van der Waals surface area contributed by atoms with Crippen LogP contribution in [0.5, 0.6) is 5.75 Å². The topological polar surface area (TPSA) is 67.4 Å². The Kier molecular flexibility index (Phi) is 5.71. The van der Waals surface area contributed by atoms with E-state index in [1.807, 2.05) is 4.90 Å². The van der Waals surface area contributed by atoms with Crippen LogP contribution in [-0.2, 0) is 6.18 Å². The number of nitrogens with one attached hydrogen (secondary N) is 1. The van der Waals surface area contributed by atoms with E-state index in [9.17, 15) is 18.0 Å². The van der Waals surface area contributed by atoms with Gasteiger partial charge in [0, 0.05) is 31.7 Å². The summed E-state index contributed by atoms with van der Waals surface area (Å²) in [5, 5.41) is 2.53. The van der Waals surface area contributed by atoms with E-state index in [0.717, 1.165) is 12.5 Å². The van der Waals surface area contributed by atoms with Gasteiger partial charge in [0.2, 0.25) is 5.95 Å². The smallest absolute Gasteiger partial charge is 0.419 e. The van der Waals surface area contributed by atoms with E-state index in [-0.39, 0.29) is 29.9 Å². The van der Waals surface area contributed by atoms with Crippen molar-refractivity contribution in [3.05, 3.63) is 47.3 Å². The summed E-state index contributed by atoms with van der Waals surface area (Å²) in [6, 6.07) is 6.80. The number of hydrogen-bond acceptors (Lipinski definition) is 5. The minimum absolute atomic E-state index is 0.0360. The number of aromatic nitrogens is 2. The molecule has 1 N–H and O–H groups in total. The van der Waals surface area contributed by atoms with Crippen molar-refractivity contribution in [3.8, 4) is 5.75 Å². The number of benzene rings is 1. The van der Waals surface area contributed by atoms with Crippen molar-refractivity contribution in [3.63, 3.8) is 0 Å². The molecule has 1 unspecified atom stereocenters. The molecule has 0 spiro atoms. The maximum atomic E-state index is 13.1. The van der Waals surface area contributed by atoms with Crippen molar-refractivity contribution in [2.75, 3.05) is 31.6 Å². The third-order valence-electron chi connectivity index (χ3n) is 4.54. The van der Waals surface area contributed by atoms with Gasteiger partial charge >= 0.3 is 6.18 Å². The maximum absolute atomic E-state index is 13.1. The first-order valence-electron chi connectivity index (χ1n) is 8.89. The molecule has 2 aromatic rings. The maximum Gasteiger partial charge on any atom is 0.419 e. The highest BCUT2D eigenvalue weighted by molar-refractivity contribution is 5.92. The number of hydrogen-bond donors (Lipinski definition) is 1. The van der Waals surface area contributed by atoms with Crippen LogP contribution in [0.25, 0.3) is 0 Å². The van der Waals surface area contributed by atoms with Crippen LogP contribution in [0.4, 0.5) is 19.1 Å². The second-order valence-corrected chi connectivity index (χ2v) is 6.68. The quantitative estimate of drug-likeness (QED) is 0.844. The molecule has 0 aliphatic carbocycles. The zero-order chi connectivity index (χ0) is 20.3. The lowest BCUT2D eigenvalue weighted by Crippen LogP contribution is -2.26. The van der Waals surface area contributed by atoms with E-state index < -0.39 is 11.7 Å². The molecular formula is C19H21F3N4O2. The van der Waals surface area contributed by atoms with E-state index in [1.54, 1.807) is 13.0 Å². The molecule has 0 bridgehead atoms. The molecule has 0 saturated carbocycles. The van der Waals surface area contributed by atoms with Crippen LogP contribution in [0.1, 0.15) is 28.2 Å². The molecule has 1 aromatic heterocycles. The Morgan fingerprint density at radius 2 is 2.07 bits per heavy atom. The average molecular weight is 394 g/mol. The van der Waals surface area contributed by atoms with Crippen molar-refractivity contribution in [1.82, 2.24) is 15.3 Å². The SMILES string of the molecule is CNC(=O)c1cc(C)nc(N2CCC(COc3ccccc3C(F)(F)F)C2)n1. The standard InChI is InChI=1S/C19H21F3N4O2/c1-12-9-15(17(27)23-2)25-18(24-12)26-8-7-13(10-26)11-28-16-6-4-3-5-14(16)19(20,21)22/h3-6,9,13H,7-8,10-11H2,1-2H3,(H,23,27). The molecule has 6 nitrogen and oxygen atoms in total. The van der Waals surface area contributed by atoms with E-state index in [4.69, 9.17) is 4.74 Å². The number of carbonyl (C=O) groups is 1. The molecule has 1 aliphatic rings. The first kappa shape index (κ1) is 19.9. The first-order valence-corrected chi connectivity index (χ1v) is 8.89. The number of rotatable bonds is 5. The van der Waals surface area contributed by atoms with Crippen molar-refractivity contribution < 1.29 is 22.7 Å². The van der Waals surface area contributed by atoms with Gasteiger partial charge in [-0.15, -0.1) is 0 Å². The fourth-order valence-corrected chi connectivity index (χ4v) is 3.12. The van der Waals surface area contributed by atoms with Crippen LogP contribution in [-0.4, -0.2) is 42.6 Å². The van der Waals surface area contributed by atoms with Crippen molar-refractivity contribution in [2.45, 2.75) is 19.5 Å². The van der Waals surface area contributed by atoms with Crippen LogP contribution < -0.4 is 15.0 Å². The highest BCUT2D eigenvalue weighted by Crippen LogP contribution is 2.36. The molecule has 1 aliphatic heterocycles. The van der Waals surface area contributed by atoms with Crippen LogP contribution in [0, 0.1) is 12.8 Å². The number of ether oxygens (including phenoxy) is 1. The summed E-state index contributed by atoms with van der Waals surface area (Å²) in [6.07, 6.45) is -3.72. The minimum atomic E-state index is -4.45. The molecule has 1 atom stereocenters. The summed E-state index contributed by atoms with van der Waals surface area (Å²) >= 11 is 0. The van der Waals surface area contributed by atoms with Crippen LogP contribution in [0.3, 0.4) is 0 Å². The number of alkyl halides is 3. The molecule has 3 rings (SSSR count). The Labute approximate surface area is 160 Å². The molecule has 1 fully saturated rings. The summed E-state index contributed by atoms with van der Waals surface area (Å²) < 4.78 is 44.7. The van der Waals surface area contributed by atoms with E-state index in [2.05, 4.69) is 15.3 Å². The van der Waals surface area contributed by atoms with Gasteiger partial charge in [0.15, 0.2) is 0 Å². The summed E-state index contributed by atoms with van der Waals surface area (Å²) in [6.45, 7) is 3.14. The van der Waals surface area contributed by atoms with Gasteiger partial charge in [-0.1, -0.05) is 12.1 Å². The Balaban J connectivity index is 1.66. The zero-order valence-electron chi connectivity index (χ0n) is 15.6. The third kappa shape index (κ3) is 4.52. The number of halogens is 3. The average Bonchev–Trinajstić information content (AvgIpc) is 3.14. The Morgan fingerprint density at radius 1 is 1.32 bits per heavy atom. The molecule has 2 heterocycles. The molecule has 0 radical (unpaired) electrons. The predicted octanol–water partition coefficient (Wildman–Crippen LogP) is 3.07. The van der Waals surface area contributed by atoms with Crippen LogP contribution in [0.2, 0.25) is 0 Å². The van der Waals surface area contributed by atoms with Gasteiger partial charge < -0.3 is 15.0 Å². The molecule has 150 valence electrons. The van der Waals surface area contributed by atoms with Crippen LogP contribution in [0.15, 0.2) is 30.3 Å². The van der Waals surface area contributed by atoms with Gasteiger partial charge in [0.05, 0.1) is 12.2 Å². The molecule has 1 saturated heterocycles. The van der Waals surface area contributed by atoms with Crippen molar-refractivity contribution in [2.24, 2.45) is 5.92 Å². The van der Waals surface area contributed by atoms with E-state index in [0.29, 0.717) is 24.7 Å². The van der Waals surface area contributed by atoms with Crippen molar-refractivity contribution in [1.29, 1.82) is 0 Å². The Hall–Kier alpha value is -2.84. The number of anilines is 1. The summed E-state index contributed by atoms with van der Waals surface area (Å²) in [7, 11) is 1.53. The number of para-hydroxylation sites is 1. The lowest BCUT2D eigenvalue weighted by atomic mass is 10.1. The largest absolute Gasteiger partial charge is 0.493 e. The predicted molar refractivity (Wildman–Crippen MR) is 97.4 cm³/mol. The van der Waals surface area contributed by atoms with Crippen molar-refractivity contribution >= 4 is 11.9 Å². The molecule has 1 amide bonds. The zero-order valence-corrected chi connectivity index (χ0v) is 15.6. The molecule has 1 aromatic carbocycles. The van der Waals surface area contributed by atoms with Gasteiger partial charge in [0.1, 0.15) is 11.4 Å².